The maximum absolute atomic E-state index is 11.2. The molecular formula is C16H22O3. The van der Waals surface area contributed by atoms with Crippen molar-refractivity contribution in [1.82, 2.24) is 0 Å². The van der Waals surface area contributed by atoms with Gasteiger partial charge >= 0.3 is 5.97 Å². The van der Waals surface area contributed by atoms with Gasteiger partial charge in [0.25, 0.3) is 0 Å². The van der Waals surface area contributed by atoms with Crippen molar-refractivity contribution < 1.29 is 14.6 Å². The van der Waals surface area contributed by atoms with Gasteiger partial charge in [0.05, 0.1) is 0 Å². The molecule has 0 amide bonds. The maximum atomic E-state index is 11.2. The number of ether oxygens (including phenoxy) is 1. The first-order valence-electron chi connectivity index (χ1n) is 7.07. The number of carboxylic acids is 1. The van der Waals surface area contributed by atoms with Crippen LogP contribution >= 0.6 is 0 Å². The van der Waals surface area contributed by atoms with Crippen LogP contribution in [0.4, 0.5) is 0 Å². The van der Waals surface area contributed by atoms with Gasteiger partial charge in [0.2, 0.25) is 0 Å². The second-order valence-corrected chi connectivity index (χ2v) is 5.71. The average molecular weight is 262 g/mol. The summed E-state index contributed by atoms with van der Waals surface area (Å²) in [6, 6.07) is 6.00. The van der Waals surface area contributed by atoms with E-state index in [2.05, 4.69) is 6.07 Å². The van der Waals surface area contributed by atoms with E-state index in [-0.39, 0.29) is 0 Å². The summed E-state index contributed by atoms with van der Waals surface area (Å²) in [5.74, 6) is 0.110. The fourth-order valence-electron chi connectivity index (χ4n) is 2.57. The van der Waals surface area contributed by atoms with E-state index in [1.807, 2.05) is 26.0 Å². The van der Waals surface area contributed by atoms with Crippen LogP contribution < -0.4 is 4.74 Å². The maximum Gasteiger partial charge on any atom is 0.344 e. The number of rotatable bonds is 5. The van der Waals surface area contributed by atoms with E-state index in [0.717, 1.165) is 12.8 Å². The van der Waals surface area contributed by atoms with Gasteiger partial charge in [-0.1, -0.05) is 19.9 Å². The molecule has 0 saturated heterocycles. The summed E-state index contributed by atoms with van der Waals surface area (Å²) in [7, 11) is 0. The molecular weight excluding hydrogens is 240 g/mol. The Morgan fingerprint density at radius 2 is 1.95 bits per heavy atom. The van der Waals surface area contributed by atoms with Crippen LogP contribution in [0, 0.1) is 5.92 Å². The highest BCUT2D eigenvalue weighted by Crippen LogP contribution is 2.26. The molecule has 3 heteroatoms. The normalized spacial score (nSPS) is 15.9. The molecule has 0 aliphatic heterocycles. The summed E-state index contributed by atoms with van der Waals surface area (Å²) in [6.07, 6.45) is 4.45. The molecule has 0 radical (unpaired) electrons. The molecule has 0 fully saturated rings. The summed E-state index contributed by atoms with van der Waals surface area (Å²) in [4.78, 5) is 11.2. The molecule has 1 aromatic carbocycles. The molecule has 1 aromatic rings. The van der Waals surface area contributed by atoms with Crippen molar-refractivity contribution in [2.45, 2.75) is 52.1 Å². The highest BCUT2D eigenvalue weighted by atomic mass is 16.5. The minimum absolute atomic E-state index is 0.304. The molecule has 0 saturated carbocycles. The quantitative estimate of drug-likeness (QED) is 0.884. The Hall–Kier alpha value is -1.51. The van der Waals surface area contributed by atoms with Crippen LogP contribution in [0.5, 0.6) is 5.75 Å². The lowest BCUT2D eigenvalue weighted by Crippen LogP contribution is -2.28. The number of carbonyl (C=O) groups is 1. The van der Waals surface area contributed by atoms with Crippen LogP contribution in [0.25, 0.3) is 0 Å². The standard InChI is InChI=1S/C16H22O3/c1-11(2)9-15(16(17)18)19-14-8-7-12-5-3-4-6-13(12)10-14/h7-8,10-11,15H,3-6,9H2,1-2H3,(H,17,18). The number of aryl methyl sites for hydroxylation is 2. The molecule has 1 aliphatic rings. The second kappa shape index (κ2) is 6.09. The largest absolute Gasteiger partial charge is 0.479 e. The van der Waals surface area contributed by atoms with Crippen LogP contribution in [0.15, 0.2) is 18.2 Å². The van der Waals surface area contributed by atoms with Crippen molar-refractivity contribution in [3.63, 3.8) is 0 Å². The molecule has 0 heterocycles. The van der Waals surface area contributed by atoms with E-state index < -0.39 is 12.1 Å². The Labute approximate surface area is 114 Å². The molecule has 1 aliphatic carbocycles. The number of benzene rings is 1. The lowest BCUT2D eigenvalue weighted by atomic mass is 9.92. The topological polar surface area (TPSA) is 46.5 Å². The summed E-state index contributed by atoms with van der Waals surface area (Å²) in [5.41, 5.74) is 2.70. The molecule has 104 valence electrons. The molecule has 0 bridgehead atoms. The van der Waals surface area contributed by atoms with E-state index in [4.69, 9.17) is 4.74 Å². The van der Waals surface area contributed by atoms with Gasteiger partial charge in [0, 0.05) is 0 Å². The van der Waals surface area contributed by atoms with Crippen molar-refractivity contribution in [3.05, 3.63) is 29.3 Å². The van der Waals surface area contributed by atoms with Crippen LogP contribution in [0.1, 0.15) is 44.2 Å². The van der Waals surface area contributed by atoms with Crippen molar-refractivity contribution in [2.24, 2.45) is 5.92 Å². The van der Waals surface area contributed by atoms with Gasteiger partial charge in [0.15, 0.2) is 6.10 Å². The molecule has 0 aromatic heterocycles. The van der Waals surface area contributed by atoms with Gasteiger partial charge in [-0.25, -0.2) is 4.79 Å². The van der Waals surface area contributed by atoms with Crippen molar-refractivity contribution >= 4 is 5.97 Å². The smallest absolute Gasteiger partial charge is 0.344 e. The first-order chi connectivity index (χ1) is 9.06. The molecule has 19 heavy (non-hydrogen) atoms. The second-order valence-electron chi connectivity index (χ2n) is 5.71. The molecule has 1 N–H and O–H groups in total. The lowest BCUT2D eigenvalue weighted by Gasteiger charge is -2.20. The average Bonchev–Trinajstić information content (AvgIpc) is 2.37. The monoisotopic (exact) mass is 262 g/mol. The third kappa shape index (κ3) is 3.72. The van der Waals surface area contributed by atoms with E-state index in [0.29, 0.717) is 18.1 Å². The predicted molar refractivity (Wildman–Crippen MR) is 74.6 cm³/mol. The lowest BCUT2D eigenvalue weighted by molar-refractivity contribution is -0.145. The number of hydrogen-bond donors (Lipinski definition) is 1. The molecule has 3 nitrogen and oxygen atoms in total. The molecule has 0 spiro atoms. The Morgan fingerprint density at radius 3 is 2.58 bits per heavy atom. The zero-order valence-corrected chi connectivity index (χ0v) is 11.7. The van der Waals surface area contributed by atoms with Gasteiger partial charge in [-0.3, -0.25) is 0 Å². The third-order valence-electron chi connectivity index (χ3n) is 3.56. The zero-order valence-electron chi connectivity index (χ0n) is 11.7. The van der Waals surface area contributed by atoms with Crippen LogP contribution in [0.2, 0.25) is 0 Å². The van der Waals surface area contributed by atoms with Crippen LogP contribution in [0.3, 0.4) is 0 Å². The minimum atomic E-state index is -0.883. The number of carboxylic acid groups (broad SMARTS) is 1. The number of fused-ring (bicyclic) bond motifs is 1. The Bertz CT molecular complexity index is 451. The molecule has 1 unspecified atom stereocenters. The third-order valence-corrected chi connectivity index (χ3v) is 3.56. The van der Waals surface area contributed by atoms with Crippen molar-refractivity contribution in [2.75, 3.05) is 0 Å². The van der Waals surface area contributed by atoms with Gasteiger partial charge in [-0.05, 0) is 61.3 Å². The summed E-state index contributed by atoms with van der Waals surface area (Å²) >= 11 is 0. The highest BCUT2D eigenvalue weighted by molar-refractivity contribution is 5.72. The Kier molecular flexibility index (Phi) is 4.46. The molecule has 2 rings (SSSR count). The van der Waals surface area contributed by atoms with Crippen molar-refractivity contribution in [1.29, 1.82) is 0 Å². The van der Waals surface area contributed by atoms with Crippen LogP contribution in [-0.2, 0) is 17.6 Å². The Balaban J connectivity index is 2.10. The minimum Gasteiger partial charge on any atom is -0.479 e. The zero-order chi connectivity index (χ0) is 13.8. The van der Waals surface area contributed by atoms with E-state index in [1.54, 1.807) is 0 Å². The first kappa shape index (κ1) is 13.9. The Morgan fingerprint density at radius 1 is 1.26 bits per heavy atom. The fourth-order valence-corrected chi connectivity index (χ4v) is 2.57. The number of hydrogen-bond acceptors (Lipinski definition) is 2. The van der Waals surface area contributed by atoms with E-state index >= 15 is 0 Å². The van der Waals surface area contributed by atoms with E-state index in [1.165, 1.54) is 24.0 Å². The van der Waals surface area contributed by atoms with Gasteiger partial charge in [-0.2, -0.15) is 0 Å². The van der Waals surface area contributed by atoms with E-state index in [9.17, 15) is 9.90 Å². The van der Waals surface area contributed by atoms with Gasteiger partial charge in [0.1, 0.15) is 5.75 Å². The highest BCUT2D eigenvalue weighted by Gasteiger charge is 2.21. The van der Waals surface area contributed by atoms with Crippen molar-refractivity contribution in [3.8, 4) is 5.75 Å². The van der Waals surface area contributed by atoms with Gasteiger partial charge in [-0.15, -0.1) is 0 Å². The first-order valence-corrected chi connectivity index (χ1v) is 7.07. The SMILES string of the molecule is CC(C)CC(Oc1ccc2c(c1)CCCC2)C(=O)O. The van der Waals surface area contributed by atoms with Crippen LogP contribution in [-0.4, -0.2) is 17.2 Å². The molecule has 1 atom stereocenters. The summed E-state index contributed by atoms with van der Waals surface area (Å²) in [6.45, 7) is 4.01. The summed E-state index contributed by atoms with van der Waals surface area (Å²) < 4.78 is 5.65. The number of aliphatic carboxylic acids is 1. The summed E-state index contributed by atoms with van der Waals surface area (Å²) in [5, 5.41) is 9.20. The fraction of sp³-hybridized carbons (Fsp3) is 0.562. The predicted octanol–water partition coefficient (Wildman–Crippen LogP) is 3.44. The van der Waals surface area contributed by atoms with Gasteiger partial charge < -0.3 is 9.84 Å².